The molecular weight excluding hydrogens is 338 g/mol. The van der Waals surface area contributed by atoms with Crippen LogP contribution in [0.2, 0.25) is 0 Å². The number of aryl methyl sites for hydroxylation is 1. The van der Waals surface area contributed by atoms with Crippen LogP contribution in [0.3, 0.4) is 0 Å². The van der Waals surface area contributed by atoms with E-state index in [-0.39, 0.29) is 11.9 Å². The summed E-state index contributed by atoms with van der Waals surface area (Å²) < 4.78 is 7.70. The Morgan fingerprint density at radius 3 is 2.44 bits per heavy atom. The molecule has 0 saturated carbocycles. The van der Waals surface area contributed by atoms with Crippen molar-refractivity contribution in [3.8, 4) is 0 Å². The van der Waals surface area contributed by atoms with E-state index in [0.29, 0.717) is 6.54 Å². The van der Waals surface area contributed by atoms with Gasteiger partial charge in [-0.2, -0.15) is 0 Å². The Balaban J connectivity index is 2.08. The fraction of sp³-hybridized carbons (Fsp3) is 0.500. The molecule has 0 unspecified atom stereocenters. The van der Waals surface area contributed by atoms with E-state index >= 15 is 0 Å². The second-order valence-corrected chi connectivity index (χ2v) is 7.65. The molecule has 5 heteroatoms. The number of benzene rings is 1. The second-order valence-electron chi connectivity index (χ2n) is 7.65. The maximum Gasteiger partial charge on any atom is 0.268 e. The van der Waals surface area contributed by atoms with Gasteiger partial charge in [-0.1, -0.05) is 24.3 Å². The summed E-state index contributed by atoms with van der Waals surface area (Å²) in [6.45, 7) is 14.2. The molecule has 0 spiro atoms. The van der Waals surface area contributed by atoms with Gasteiger partial charge in [-0.25, -0.2) is 0 Å². The average Bonchev–Trinajstić information content (AvgIpc) is 2.87. The van der Waals surface area contributed by atoms with Crippen LogP contribution in [0.1, 0.15) is 46.7 Å². The summed E-state index contributed by atoms with van der Waals surface area (Å²) in [6.07, 6.45) is 0. The largest absolute Gasteiger partial charge is 0.378 e. The maximum atomic E-state index is 13.0. The highest BCUT2D eigenvalue weighted by molar-refractivity contribution is 5.96. The number of carbonyl (C=O) groups is 1. The second kappa shape index (κ2) is 8.17. The van der Waals surface area contributed by atoms with E-state index in [9.17, 15) is 4.79 Å². The van der Waals surface area contributed by atoms with Crippen molar-refractivity contribution in [3.63, 3.8) is 0 Å². The zero-order valence-electron chi connectivity index (χ0n) is 17.1. The van der Waals surface area contributed by atoms with E-state index in [0.717, 1.165) is 43.3 Å². The molecular formula is C22H31N3O2. The number of hydrogen-bond donors (Lipinski definition) is 1. The quantitative estimate of drug-likeness (QED) is 0.878. The maximum absolute atomic E-state index is 13.0. The molecule has 0 radical (unpaired) electrons. The monoisotopic (exact) mass is 369 g/mol. The van der Waals surface area contributed by atoms with Gasteiger partial charge < -0.3 is 19.5 Å². The van der Waals surface area contributed by atoms with E-state index in [1.807, 2.05) is 13.8 Å². The van der Waals surface area contributed by atoms with Crippen molar-refractivity contribution in [2.24, 2.45) is 0 Å². The number of anilines is 1. The number of rotatable bonds is 5. The molecule has 1 N–H and O–H groups in total. The molecule has 0 bridgehead atoms. The van der Waals surface area contributed by atoms with Gasteiger partial charge in [-0.15, -0.1) is 0 Å². The van der Waals surface area contributed by atoms with Crippen LogP contribution in [0.25, 0.3) is 0 Å². The smallest absolute Gasteiger partial charge is 0.268 e. The summed E-state index contributed by atoms with van der Waals surface area (Å²) in [5.41, 5.74) is 6.63. The molecule has 0 atom stereocenters. The van der Waals surface area contributed by atoms with E-state index in [1.54, 1.807) is 0 Å². The third-order valence-corrected chi connectivity index (χ3v) is 5.28. The fourth-order valence-corrected chi connectivity index (χ4v) is 3.91. The Hall–Kier alpha value is -2.27. The molecule has 146 valence electrons. The number of amides is 1. The van der Waals surface area contributed by atoms with Crippen LogP contribution in [-0.2, 0) is 11.3 Å². The predicted octanol–water partition coefficient (Wildman–Crippen LogP) is 3.44. The molecule has 1 fully saturated rings. The summed E-state index contributed by atoms with van der Waals surface area (Å²) >= 11 is 0. The van der Waals surface area contributed by atoms with Gasteiger partial charge in [-0.3, -0.25) is 4.79 Å². The highest BCUT2D eigenvalue weighted by Crippen LogP contribution is 2.32. The number of ether oxygens (including phenoxy) is 1. The fourth-order valence-electron chi connectivity index (χ4n) is 3.91. The van der Waals surface area contributed by atoms with Crippen molar-refractivity contribution in [2.75, 3.05) is 31.2 Å². The summed E-state index contributed by atoms with van der Waals surface area (Å²) in [7, 11) is 0. The Kier molecular flexibility index (Phi) is 5.90. The molecule has 1 aliphatic heterocycles. The van der Waals surface area contributed by atoms with Gasteiger partial charge in [0, 0.05) is 36.9 Å². The van der Waals surface area contributed by atoms with Crippen molar-refractivity contribution in [1.29, 1.82) is 0 Å². The molecule has 2 heterocycles. The SMILES string of the molecule is Cc1ccccc1Cn1c(C)c(N2CCOCC2)c(C)c1C(=O)NC(C)C. The number of nitrogens with one attached hydrogen (secondary N) is 1. The molecule has 1 aliphatic rings. The predicted molar refractivity (Wildman–Crippen MR) is 110 cm³/mol. The minimum atomic E-state index is -0.00121. The van der Waals surface area contributed by atoms with Crippen LogP contribution in [0.15, 0.2) is 24.3 Å². The van der Waals surface area contributed by atoms with E-state index in [1.165, 1.54) is 16.8 Å². The van der Waals surface area contributed by atoms with E-state index in [4.69, 9.17) is 4.74 Å². The van der Waals surface area contributed by atoms with Gasteiger partial charge in [0.05, 0.1) is 18.9 Å². The molecule has 1 saturated heterocycles. The van der Waals surface area contributed by atoms with Gasteiger partial charge in [-0.05, 0) is 45.7 Å². The number of hydrogen-bond acceptors (Lipinski definition) is 3. The lowest BCUT2D eigenvalue weighted by Gasteiger charge is -2.29. The van der Waals surface area contributed by atoms with Crippen molar-refractivity contribution >= 4 is 11.6 Å². The lowest BCUT2D eigenvalue weighted by molar-refractivity contribution is 0.0933. The average molecular weight is 370 g/mol. The Bertz CT molecular complexity index is 817. The summed E-state index contributed by atoms with van der Waals surface area (Å²) in [5.74, 6) is -0.00121. The molecule has 27 heavy (non-hydrogen) atoms. The minimum Gasteiger partial charge on any atom is -0.378 e. The summed E-state index contributed by atoms with van der Waals surface area (Å²) in [5, 5.41) is 3.08. The van der Waals surface area contributed by atoms with Gasteiger partial charge in [0.1, 0.15) is 5.69 Å². The molecule has 1 amide bonds. The zero-order valence-corrected chi connectivity index (χ0v) is 17.1. The molecule has 2 aromatic rings. The van der Waals surface area contributed by atoms with Crippen molar-refractivity contribution in [3.05, 3.63) is 52.3 Å². The number of aromatic nitrogens is 1. The third-order valence-electron chi connectivity index (χ3n) is 5.28. The number of carbonyl (C=O) groups excluding carboxylic acids is 1. The number of nitrogens with zero attached hydrogens (tertiary/aromatic N) is 2. The van der Waals surface area contributed by atoms with Gasteiger partial charge in [0.25, 0.3) is 5.91 Å². The first kappa shape index (κ1) is 19.5. The van der Waals surface area contributed by atoms with Gasteiger partial charge in [0.15, 0.2) is 0 Å². The van der Waals surface area contributed by atoms with Crippen LogP contribution in [0, 0.1) is 20.8 Å². The Morgan fingerprint density at radius 2 is 1.81 bits per heavy atom. The van der Waals surface area contributed by atoms with E-state index < -0.39 is 0 Å². The first-order valence-electron chi connectivity index (χ1n) is 9.78. The molecule has 1 aromatic carbocycles. The molecule has 1 aromatic heterocycles. The highest BCUT2D eigenvalue weighted by atomic mass is 16.5. The first-order valence-corrected chi connectivity index (χ1v) is 9.78. The Morgan fingerprint density at radius 1 is 1.15 bits per heavy atom. The molecule has 5 nitrogen and oxygen atoms in total. The normalized spacial score (nSPS) is 14.7. The summed E-state index contributed by atoms with van der Waals surface area (Å²) in [4.78, 5) is 15.4. The third kappa shape index (κ3) is 4.03. The lowest BCUT2D eigenvalue weighted by atomic mass is 10.1. The van der Waals surface area contributed by atoms with Crippen molar-refractivity contribution < 1.29 is 9.53 Å². The van der Waals surface area contributed by atoms with Crippen molar-refractivity contribution in [1.82, 2.24) is 9.88 Å². The lowest BCUT2D eigenvalue weighted by Crippen LogP contribution is -2.37. The Labute approximate surface area is 162 Å². The van der Waals surface area contributed by atoms with Gasteiger partial charge >= 0.3 is 0 Å². The van der Waals surface area contributed by atoms with E-state index in [2.05, 4.69) is 59.8 Å². The van der Waals surface area contributed by atoms with Gasteiger partial charge in [0.2, 0.25) is 0 Å². The highest BCUT2D eigenvalue weighted by Gasteiger charge is 2.27. The van der Waals surface area contributed by atoms with Crippen LogP contribution >= 0.6 is 0 Å². The first-order chi connectivity index (χ1) is 12.9. The van der Waals surface area contributed by atoms with Crippen LogP contribution in [0.5, 0.6) is 0 Å². The zero-order chi connectivity index (χ0) is 19.6. The number of morpholine rings is 1. The van der Waals surface area contributed by atoms with Crippen molar-refractivity contribution in [2.45, 2.75) is 47.2 Å². The molecule has 0 aliphatic carbocycles. The van der Waals surface area contributed by atoms with Crippen LogP contribution in [0.4, 0.5) is 5.69 Å². The minimum absolute atomic E-state index is 0.00121. The summed E-state index contributed by atoms with van der Waals surface area (Å²) in [6, 6.07) is 8.48. The topological polar surface area (TPSA) is 46.5 Å². The standard InChI is InChI=1S/C22H31N3O2/c1-15(2)23-22(26)21-17(4)20(24-10-12-27-13-11-24)18(5)25(21)14-19-9-7-6-8-16(19)3/h6-9,15H,10-14H2,1-5H3,(H,23,26). The van der Waals surface area contributed by atoms with Crippen LogP contribution in [-0.4, -0.2) is 42.8 Å². The molecule has 3 rings (SSSR count). The van der Waals surface area contributed by atoms with Crippen LogP contribution < -0.4 is 10.2 Å².